The predicted octanol–water partition coefficient (Wildman–Crippen LogP) is 3.85. The molecule has 1 aliphatic heterocycles. The Morgan fingerprint density at radius 2 is 1.95 bits per heavy atom. The van der Waals surface area contributed by atoms with E-state index in [2.05, 4.69) is 15.6 Å². The van der Waals surface area contributed by atoms with Gasteiger partial charge < -0.3 is 10.6 Å². The fraction of sp³-hybridized carbons (Fsp3) is 0.688. The molecule has 110 valence electrons. The first-order valence-electron chi connectivity index (χ1n) is 7.95. The minimum absolute atomic E-state index is 0.533. The van der Waals surface area contributed by atoms with Crippen molar-refractivity contribution in [2.75, 3.05) is 11.9 Å². The van der Waals surface area contributed by atoms with Gasteiger partial charge in [-0.3, -0.25) is 0 Å². The quantitative estimate of drug-likeness (QED) is 0.831. The zero-order valence-electron chi connectivity index (χ0n) is 11.9. The van der Waals surface area contributed by atoms with Crippen LogP contribution >= 0.6 is 11.6 Å². The molecular formula is C16H24ClN3. The minimum Gasteiger partial charge on any atom is -0.367 e. The van der Waals surface area contributed by atoms with Gasteiger partial charge in [0.2, 0.25) is 0 Å². The van der Waals surface area contributed by atoms with Crippen LogP contribution in [0.25, 0.3) is 0 Å². The smallest absolute Gasteiger partial charge is 0.131 e. The zero-order valence-corrected chi connectivity index (χ0v) is 12.7. The molecule has 1 saturated carbocycles. The highest BCUT2D eigenvalue weighted by atomic mass is 35.5. The summed E-state index contributed by atoms with van der Waals surface area (Å²) in [5.41, 5.74) is 0. The topological polar surface area (TPSA) is 37.0 Å². The molecule has 0 radical (unpaired) electrons. The maximum Gasteiger partial charge on any atom is 0.131 e. The Kier molecular flexibility index (Phi) is 4.79. The fourth-order valence-electron chi connectivity index (χ4n) is 3.74. The number of piperidine rings is 1. The molecule has 0 bridgehead atoms. The summed E-state index contributed by atoms with van der Waals surface area (Å²) in [6.07, 6.45) is 9.29. The average molecular weight is 294 g/mol. The normalized spacial score (nSPS) is 30.9. The number of halogens is 1. The molecule has 3 nitrogen and oxygen atoms in total. The van der Waals surface area contributed by atoms with Crippen molar-refractivity contribution in [3.63, 3.8) is 0 Å². The molecule has 1 aromatic rings. The second kappa shape index (κ2) is 6.77. The van der Waals surface area contributed by atoms with E-state index >= 15 is 0 Å². The summed E-state index contributed by atoms with van der Waals surface area (Å²) in [7, 11) is 0. The highest BCUT2D eigenvalue weighted by molar-refractivity contribution is 6.29. The first kappa shape index (κ1) is 14.2. The number of rotatable bonds is 3. The molecule has 1 saturated heterocycles. The van der Waals surface area contributed by atoms with E-state index in [4.69, 9.17) is 11.6 Å². The number of anilines is 1. The highest BCUT2D eigenvalue weighted by Crippen LogP contribution is 2.32. The molecule has 4 heteroatoms. The van der Waals surface area contributed by atoms with Crippen molar-refractivity contribution in [3.05, 3.63) is 23.4 Å². The largest absolute Gasteiger partial charge is 0.367 e. The SMILES string of the molecule is Clc1cccc(NC2CCCCC2C2CCCCN2)n1. The number of aromatic nitrogens is 1. The third-order valence-electron chi connectivity index (χ3n) is 4.73. The number of nitrogens with one attached hydrogen (secondary N) is 2. The number of pyridine rings is 1. The lowest BCUT2D eigenvalue weighted by Crippen LogP contribution is -2.48. The Balaban J connectivity index is 1.68. The summed E-state index contributed by atoms with van der Waals surface area (Å²) in [6.45, 7) is 1.18. The standard InChI is InChI=1S/C16H24ClN3/c17-15-9-5-10-16(20-15)19-14-8-2-1-6-12(14)13-7-3-4-11-18-13/h5,9-10,12-14,18H,1-4,6-8,11H2,(H,19,20). The van der Waals surface area contributed by atoms with Crippen LogP contribution in [-0.2, 0) is 0 Å². The zero-order chi connectivity index (χ0) is 13.8. The van der Waals surface area contributed by atoms with Gasteiger partial charge >= 0.3 is 0 Å². The first-order chi connectivity index (χ1) is 9.83. The van der Waals surface area contributed by atoms with Gasteiger partial charge in [-0.05, 0) is 50.3 Å². The van der Waals surface area contributed by atoms with Crippen LogP contribution in [0.2, 0.25) is 5.15 Å². The lowest BCUT2D eigenvalue weighted by atomic mass is 9.77. The summed E-state index contributed by atoms with van der Waals surface area (Å²) in [5.74, 6) is 1.65. The third-order valence-corrected chi connectivity index (χ3v) is 4.94. The van der Waals surface area contributed by atoms with Crippen LogP contribution < -0.4 is 10.6 Å². The van der Waals surface area contributed by atoms with Crippen LogP contribution in [0.3, 0.4) is 0 Å². The second-order valence-electron chi connectivity index (χ2n) is 6.10. The third kappa shape index (κ3) is 3.44. The number of hydrogen-bond acceptors (Lipinski definition) is 3. The summed E-state index contributed by atoms with van der Waals surface area (Å²) in [4.78, 5) is 4.38. The molecule has 1 aromatic heterocycles. The molecule has 1 aliphatic carbocycles. The fourth-order valence-corrected chi connectivity index (χ4v) is 3.91. The maximum absolute atomic E-state index is 5.98. The molecule has 20 heavy (non-hydrogen) atoms. The second-order valence-corrected chi connectivity index (χ2v) is 6.49. The molecular weight excluding hydrogens is 270 g/mol. The van der Waals surface area contributed by atoms with Gasteiger partial charge in [0.05, 0.1) is 0 Å². The van der Waals surface area contributed by atoms with Crippen molar-refractivity contribution in [3.8, 4) is 0 Å². The van der Waals surface area contributed by atoms with Crippen LogP contribution in [0.1, 0.15) is 44.9 Å². The van der Waals surface area contributed by atoms with E-state index in [-0.39, 0.29) is 0 Å². The Morgan fingerprint density at radius 3 is 2.75 bits per heavy atom. The molecule has 2 heterocycles. The molecule has 3 atom stereocenters. The Hall–Kier alpha value is -0.800. The van der Waals surface area contributed by atoms with Crippen molar-refractivity contribution in [1.29, 1.82) is 0 Å². The van der Waals surface area contributed by atoms with Gasteiger partial charge in [-0.25, -0.2) is 4.98 Å². The Bertz CT molecular complexity index is 431. The van der Waals surface area contributed by atoms with E-state index in [1.165, 1.54) is 51.5 Å². The summed E-state index contributed by atoms with van der Waals surface area (Å²) in [5, 5.41) is 7.93. The van der Waals surface area contributed by atoms with Crippen LogP contribution in [0.5, 0.6) is 0 Å². The molecule has 2 N–H and O–H groups in total. The summed E-state index contributed by atoms with van der Waals surface area (Å²) in [6, 6.07) is 7.03. The van der Waals surface area contributed by atoms with Crippen molar-refractivity contribution >= 4 is 17.4 Å². The first-order valence-corrected chi connectivity index (χ1v) is 8.33. The number of hydrogen-bond donors (Lipinski definition) is 2. The van der Waals surface area contributed by atoms with Gasteiger partial charge in [-0.2, -0.15) is 0 Å². The van der Waals surface area contributed by atoms with Crippen molar-refractivity contribution in [2.24, 2.45) is 5.92 Å². The molecule has 0 spiro atoms. The van der Waals surface area contributed by atoms with E-state index < -0.39 is 0 Å². The van der Waals surface area contributed by atoms with E-state index in [0.717, 1.165) is 11.7 Å². The Morgan fingerprint density at radius 1 is 1.10 bits per heavy atom. The molecule has 0 aromatic carbocycles. The molecule has 2 aliphatic rings. The highest BCUT2D eigenvalue weighted by Gasteiger charge is 2.32. The van der Waals surface area contributed by atoms with E-state index in [1.807, 2.05) is 18.2 Å². The van der Waals surface area contributed by atoms with Gasteiger partial charge in [0.1, 0.15) is 11.0 Å². The minimum atomic E-state index is 0.533. The van der Waals surface area contributed by atoms with Crippen LogP contribution in [0.15, 0.2) is 18.2 Å². The van der Waals surface area contributed by atoms with Gasteiger partial charge in [0.15, 0.2) is 0 Å². The molecule has 3 rings (SSSR count). The lowest BCUT2D eigenvalue weighted by Gasteiger charge is -2.40. The van der Waals surface area contributed by atoms with Crippen molar-refractivity contribution < 1.29 is 0 Å². The van der Waals surface area contributed by atoms with E-state index in [0.29, 0.717) is 17.2 Å². The summed E-state index contributed by atoms with van der Waals surface area (Å²) >= 11 is 5.98. The average Bonchev–Trinajstić information content (AvgIpc) is 2.49. The lowest BCUT2D eigenvalue weighted by molar-refractivity contribution is 0.217. The monoisotopic (exact) mass is 293 g/mol. The molecule has 2 fully saturated rings. The van der Waals surface area contributed by atoms with E-state index in [9.17, 15) is 0 Å². The summed E-state index contributed by atoms with van der Waals surface area (Å²) < 4.78 is 0. The Labute approximate surface area is 126 Å². The van der Waals surface area contributed by atoms with Crippen molar-refractivity contribution in [2.45, 2.75) is 57.0 Å². The maximum atomic E-state index is 5.98. The molecule has 0 amide bonds. The van der Waals surface area contributed by atoms with Crippen LogP contribution in [-0.4, -0.2) is 23.6 Å². The van der Waals surface area contributed by atoms with Crippen molar-refractivity contribution in [1.82, 2.24) is 10.3 Å². The van der Waals surface area contributed by atoms with Gasteiger partial charge in [0.25, 0.3) is 0 Å². The van der Waals surface area contributed by atoms with E-state index in [1.54, 1.807) is 0 Å². The van der Waals surface area contributed by atoms with Gasteiger partial charge in [-0.15, -0.1) is 0 Å². The number of nitrogens with zero attached hydrogens (tertiary/aromatic N) is 1. The van der Waals surface area contributed by atoms with Gasteiger partial charge in [0, 0.05) is 12.1 Å². The predicted molar refractivity (Wildman–Crippen MR) is 84.3 cm³/mol. The van der Waals surface area contributed by atoms with Crippen LogP contribution in [0, 0.1) is 5.92 Å². The molecule has 3 unspecified atom stereocenters. The van der Waals surface area contributed by atoms with Gasteiger partial charge in [-0.1, -0.05) is 36.9 Å². The van der Waals surface area contributed by atoms with Crippen LogP contribution in [0.4, 0.5) is 5.82 Å².